The van der Waals surface area contributed by atoms with Crippen molar-refractivity contribution in [2.75, 3.05) is 6.61 Å². The summed E-state index contributed by atoms with van der Waals surface area (Å²) in [6.07, 6.45) is 0. The first kappa shape index (κ1) is 24.2. The van der Waals surface area contributed by atoms with E-state index in [0.29, 0.717) is 18.7 Å². The SMILES string of the molecule is [CH3][SnH]([CH3])[CH2]COC(=O)c1ccc(-c2cc(-c3ccc(CN)cc3)cc(-c3ccccc3)n2)cc1. The molecule has 0 fully saturated rings. The van der Waals surface area contributed by atoms with E-state index in [-0.39, 0.29) is 5.97 Å². The summed E-state index contributed by atoms with van der Waals surface area (Å²) in [6.45, 7) is 1.05. The molecule has 0 bridgehead atoms. The number of pyridine rings is 1. The molecule has 5 heteroatoms. The minimum atomic E-state index is -1.36. The zero-order valence-corrected chi connectivity index (χ0v) is 23.0. The predicted molar refractivity (Wildman–Crippen MR) is 142 cm³/mol. The van der Waals surface area contributed by atoms with Crippen molar-refractivity contribution >= 4 is 25.7 Å². The summed E-state index contributed by atoms with van der Waals surface area (Å²) in [5, 5.41) is 0. The number of esters is 1. The van der Waals surface area contributed by atoms with Crippen molar-refractivity contribution in [3.63, 3.8) is 0 Å². The van der Waals surface area contributed by atoms with Gasteiger partial charge in [0.1, 0.15) is 0 Å². The zero-order valence-electron chi connectivity index (χ0n) is 19.7. The Bertz CT molecular complexity index is 1240. The first-order valence-electron chi connectivity index (χ1n) is 11.7. The Morgan fingerprint density at radius 1 is 0.794 bits per heavy atom. The average Bonchev–Trinajstić information content (AvgIpc) is 2.89. The van der Waals surface area contributed by atoms with Gasteiger partial charge in [0, 0.05) is 6.54 Å². The van der Waals surface area contributed by atoms with Crippen LogP contribution in [0.2, 0.25) is 14.3 Å². The summed E-state index contributed by atoms with van der Waals surface area (Å²) in [4.78, 5) is 22.0. The molecule has 0 unspecified atom stereocenters. The number of hydrogen-bond donors (Lipinski definition) is 1. The molecule has 4 nitrogen and oxygen atoms in total. The molecule has 0 saturated heterocycles. The summed E-state index contributed by atoms with van der Waals surface area (Å²) in [6, 6.07) is 30.2. The van der Waals surface area contributed by atoms with Crippen molar-refractivity contribution in [2.45, 2.75) is 20.9 Å². The number of aromatic nitrogens is 1. The van der Waals surface area contributed by atoms with Crippen LogP contribution in [0, 0.1) is 0 Å². The Balaban J connectivity index is 1.67. The predicted octanol–water partition coefficient (Wildman–Crippen LogP) is 6.18. The molecule has 0 aliphatic heterocycles. The Morgan fingerprint density at radius 2 is 1.38 bits per heavy atom. The molecule has 4 rings (SSSR count). The summed E-state index contributed by atoms with van der Waals surface area (Å²) in [7, 11) is 0. The Morgan fingerprint density at radius 3 is 1.97 bits per heavy atom. The van der Waals surface area contributed by atoms with Crippen LogP contribution in [0.5, 0.6) is 0 Å². The van der Waals surface area contributed by atoms with Gasteiger partial charge in [-0.1, -0.05) is 54.6 Å². The van der Waals surface area contributed by atoms with Gasteiger partial charge in [-0.05, 0) is 5.56 Å². The molecule has 1 heterocycles. The molecule has 34 heavy (non-hydrogen) atoms. The monoisotopic (exact) mass is 558 g/mol. The van der Waals surface area contributed by atoms with Gasteiger partial charge in [-0.3, -0.25) is 0 Å². The van der Waals surface area contributed by atoms with Crippen LogP contribution in [-0.4, -0.2) is 37.3 Å². The summed E-state index contributed by atoms with van der Waals surface area (Å²) >= 11 is -1.36. The van der Waals surface area contributed by atoms with E-state index in [1.165, 1.54) is 0 Å². The molecule has 1 aromatic heterocycles. The van der Waals surface area contributed by atoms with Crippen LogP contribution in [0.25, 0.3) is 33.6 Å². The van der Waals surface area contributed by atoms with E-state index in [9.17, 15) is 4.79 Å². The Labute approximate surface area is 208 Å². The number of carbonyl (C=O) groups is 1. The maximum absolute atomic E-state index is 12.4. The van der Waals surface area contributed by atoms with Crippen molar-refractivity contribution < 1.29 is 9.53 Å². The molecule has 3 aromatic carbocycles. The van der Waals surface area contributed by atoms with Crippen LogP contribution in [0.15, 0.2) is 91.0 Å². The van der Waals surface area contributed by atoms with Crippen LogP contribution in [-0.2, 0) is 11.3 Å². The molecule has 0 aliphatic rings. The fraction of sp³-hybridized carbons (Fsp3) is 0.172. The van der Waals surface area contributed by atoms with Crippen molar-refractivity contribution in [3.05, 3.63) is 102 Å². The second kappa shape index (κ2) is 11.4. The fourth-order valence-corrected chi connectivity index (χ4v) is 5.36. The summed E-state index contributed by atoms with van der Waals surface area (Å²) < 4.78 is 6.51. The van der Waals surface area contributed by atoms with Crippen molar-refractivity contribution in [1.82, 2.24) is 4.98 Å². The zero-order chi connectivity index (χ0) is 23.9. The topological polar surface area (TPSA) is 65.2 Å². The first-order valence-corrected chi connectivity index (χ1v) is 20.6. The van der Waals surface area contributed by atoms with E-state index in [1.54, 1.807) is 0 Å². The molecule has 0 amide bonds. The summed E-state index contributed by atoms with van der Waals surface area (Å²) in [5.41, 5.74) is 13.4. The van der Waals surface area contributed by atoms with Gasteiger partial charge in [-0.2, -0.15) is 0 Å². The van der Waals surface area contributed by atoms with E-state index < -0.39 is 19.8 Å². The molecule has 172 valence electrons. The van der Waals surface area contributed by atoms with Crippen LogP contribution in [0.3, 0.4) is 0 Å². The molecule has 0 atom stereocenters. The third-order valence-electron chi connectivity index (χ3n) is 5.76. The molecular formula is C29H30N2O2Sn. The second-order valence-electron chi connectivity index (χ2n) is 8.79. The third kappa shape index (κ3) is 6.13. The van der Waals surface area contributed by atoms with Gasteiger partial charge in [-0.25, -0.2) is 0 Å². The van der Waals surface area contributed by atoms with Gasteiger partial charge < -0.3 is 5.73 Å². The van der Waals surface area contributed by atoms with Crippen molar-refractivity contribution in [2.24, 2.45) is 5.73 Å². The van der Waals surface area contributed by atoms with E-state index in [2.05, 4.69) is 58.4 Å². The van der Waals surface area contributed by atoms with Gasteiger partial charge in [0.05, 0.1) is 0 Å². The maximum atomic E-state index is 12.4. The molecular weight excluding hydrogens is 527 g/mol. The summed E-state index contributed by atoms with van der Waals surface area (Å²) in [5.74, 6) is -0.259. The number of carbonyl (C=O) groups excluding carboxylic acids is 1. The van der Waals surface area contributed by atoms with E-state index in [4.69, 9.17) is 15.5 Å². The Kier molecular flexibility index (Phi) is 8.14. The molecule has 4 aromatic rings. The third-order valence-corrected chi connectivity index (χ3v) is 9.73. The molecule has 0 aliphatic carbocycles. The van der Waals surface area contributed by atoms with Gasteiger partial charge in [0.25, 0.3) is 0 Å². The number of hydrogen-bond acceptors (Lipinski definition) is 4. The first-order chi connectivity index (χ1) is 16.5. The molecule has 0 spiro atoms. The van der Waals surface area contributed by atoms with Crippen LogP contribution in [0.1, 0.15) is 15.9 Å². The normalized spacial score (nSPS) is 10.9. The van der Waals surface area contributed by atoms with Gasteiger partial charge in [-0.15, -0.1) is 0 Å². The number of rotatable bonds is 8. The number of ether oxygens (including phenoxy) is 1. The number of benzene rings is 3. The van der Waals surface area contributed by atoms with Gasteiger partial charge >= 0.3 is 137 Å². The minimum absolute atomic E-state index is 0.259. The Hall–Kier alpha value is -2.96. The van der Waals surface area contributed by atoms with Crippen molar-refractivity contribution in [3.8, 4) is 33.6 Å². The number of nitrogens with zero attached hydrogens (tertiary/aromatic N) is 1. The standard InChI is InChI=1S/C27H23N2O2.2CH3.Sn.H/c1-2-31-27(30)23-14-12-22(13-15-23)26-17-24(20-10-8-19(18-28)9-11-20)16-25(29-26)21-6-4-3-5-7-21;;;;/h3-17H,1-2,18,28H2;2*1H3;;. The van der Waals surface area contributed by atoms with Gasteiger partial charge in [0.15, 0.2) is 0 Å². The van der Waals surface area contributed by atoms with Crippen LogP contribution in [0.4, 0.5) is 0 Å². The van der Waals surface area contributed by atoms with E-state index in [1.807, 2.05) is 42.5 Å². The van der Waals surface area contributed by atoms with E-state index in [0.717, 1.165) is 43.6 Å². The molecule has 2 N–H and O–H groups in total. The van der Waals surface area contributed by atoms with Crippen molar-refractivity contribution in [1.29, 1.82) is 0 Å². The van der Waals surface area contributed by atoms with Crippen LogP contribution < -0.4 is 5.73 Å². The fourth-order valence-electron chi connectivity index (χ4n) is 3.68. The average molecular weight is 557 g/mol. The number of nitrogens with two attached hydrogens (primary N) is 1. The molecule has 0 radical (unpaired) electrons. The second-order valence-corrected chi connectivity index (χ2v) is 18.4. The molecule has 0 saturated carbocycles. The van der Waals surface area contributed by atoms with Crippen LogP contribution >= 0.6 is 0 Å². The van der Waals surface area contributed by atoms with E-state index >= 15 is 0 Å². The quantitative estimate of drug-likeness (QED) is 0.208. The van der Waals surface area contributed by atoms with Gasteiger partial charge in [0.2, 0.25) is 0 Å².